The Balaban J connectivity index is 2.04. The zero-order valence-electron chi connectivity index (χ0n) is 12.5. The van der Waals surface area contributed by atoms with Crippen LogP contribution in [0.4, 0.5) is 5.69 Å². The molecule has 4 heteroatoms. The van der Waals surface area contributed by atoms with Gasteiger partial charge in [0.2, 0.25) is 0 Å². The molecule has 1 saturated heterocycles. The van der Waals surface area contributed by atoms with E-state index in [2.05, 4.69) is 30.3 Å². The van der Waals surface area contributed by atoms with Gasteiger partial charge in [-0.3, -0.25) is 0 Å². The Bertz CT molecular complexity index is 487. The molecule has 0 radical (unpaired) electrons. The summed E-state index contributed by atoms with van der Waals surface area (Å²) in [6, 6.07) is 8.09. The number of likely N-dealkylation sites (tertiary alicyclic amines) is 1. The summed E-state index contributed by atoms with van der Waals surface area (Å²) in [7, 11) is 3.82. The van der Waals surface area contributed by atoms with E-state index < -0.39 is 0 Å². The number of benzene rings is 1. The van der Waals surface area contributed by atoms with E-state index in [9.17, 15) is 0 Å². The Morgan fingerprint density at radius 3 is 2.70 bits per heavy atom. The van der Waals surface area contributed by atoms with Crippen LogP contribution in [0.25, 0.3) is 0 Å². The fourth-order valence-electron chi connectivity index (χ4n) is 2.77. The third kappa shape index (κ3) is 3.43. The summed E-state index contributed by atoms with van der Waals surface area (Å²) >= 11 is 0. The molecule has 0 bridgehead atoms. The average molecular weight is 273 g/mol. The number of hydrogen-bond donors (Lipinski definition) is 1. The molecule has 0 spiro atoms. The predicted molar refractivity (Wildman–Crippen MR) is 81.0 cm³/mol. The molecule has 1 atom stereocenters. The first kappa shape index (κ1) is 14.7. The van der Waals surface area contributed by atoms with Crippen molar-refractivity contribution >= 4 is 5.69 Å². The van der Waals surface area contributed by atoms with E-state index in [1.54, 1.807) is 13.2 Å². The minimum absolute atomic E-state index is 0.408. The van der Waals surface area contributed by atoms with Crippen LogP contribution in [-0.4, -0.2) is 38.2 Å². The highest BCUT2D eigenvalue weighted by Gasteiger charge is 2.22. The molecular weight excluding hydrogens is 250 g/mol. The molecule has 2 rings (SSSR count). The second-order valence-corrected chi connectivity index (χ2v) is 5.60. The van der Waals surface area contributed by atoms with Gasteiger partial charge >= 0.3 is 0 Å². The lowest BCUT2D eigenvalue weighted by Gasteiger charge is -2.33. The number of nitriles is 1. The topological polar surface area (TPSA) is 48.3 Å². The van der Waals surface area contributed by atoms with Gasteiger partial charge in [0.15, 0.2) is 0 Å². The lowest BCUT2D eigenvalue weighted by molar-refractivity contribution is 0.208. The molecule has 1 aromatic carbocycles. The highest BCUT2D eigenvalue weighted by molar-refractivity contribution is 5.59. The molecule has 1 heterocycles. The van der Waals surface area contributed by atoms with Crippen molar-refractivity contribution < 1.29 is 4.74 Å². The third-order valence-corrected chi connectivity index (χ3v) is 4.18. The molecule has 1 unspecified atom stereocenters. The first-order chi connectivity index (χ1) is 9.63. The monoisotopic (exact) mass is 273 g/mol. The zero-order chi connectivity index (χ0) is 14.5. The molecule has 108 valence electrons. The lowest BCUT2D eigenvalue weighted by Crippen LogP contribution is -2.37. The Morgan fingerprint density at radius 1 is 1.40 bits per heavy atom. The molecule has 20 heavy (non-hydrogen) atoms. The van der Waals surface area contributed by atoms with Crippen molar-refractivity contribution in [3.63, 3.8) is 0 Å². The van der Waals surface area contributed by atoms with Crippen LogP contribution in [0, 0.1) is 17.2 Å². The van der Waals surface area contributed by atoms with E-state index in [-0.39, 0.29) is 0 Å². The summed E-state index contributed by atoms with van der Waals surface area (Å²) in [6.45, 7) is 4.57. The molecule has 0 aromatic heterocycles. The van der Waals surface area contributed by atoms with Gasteiger partial charge in [0.05, 0.1) is 24.4 Å². The maximum Gasteiger partial charge on any atom is 0.143 e. The second-order valence-electron chi connectivity index (χ2n) is 5.60. The van der Waals surface area contributed by atoms with Crippen LogP contribution in [-0.2, 0) is 0 Å². The number of piperidine rings is 1. The smallest absolute Gasteiger partial charge is 0.143 e. The van der Waals surface area contributed by atoms with Crippen LogP contribution in [0.5, 0.6) is 5.75 Å². The maximum absolute atomic E-state index is 8.93. The molecular formula is C16H23N3O. The Kier molecular flexibility index (Phi) is 4.86. The number of nitrogens with zero attached hydrogens (tertiary/aromatic N) is 2. The van der Waals surface area contributed by atoms with Gasteiger partial charge in [0.25, 0.3) is 0 Å². The summed E-state index contributed by atoms with van der Waals surface area (Å²) in [5.74, 6) is 1.43. The maximum atomic E-state index is 8.93. The standard InChI is InChI=1S/C16H23N3O/c1-12(14-6-8-19(2)9-7-14)18-15-5-4-13(11-17)10-16(15)20-3/h4-5,10,12,14,18H,6-9H2,1-3H3. The highest BCUT2D eigenvalue weighted by atomic mass is 16.5. The van der Waals surface area contributed by atoms with Crippen molar-refractivity contribution in [1.82, 2.24) is 4.90 Å². The van der Waals surface area contributed by atoms with Gasteiger partial charge in [-0.1, -0.05) is 0 Å². The predicted octanol–water partition coefficient (Wildman–Crippen LogP) is 2.71. The van der Waals surface area contributed by atoms with Gasteiger partial charge in [0.1, 0.15) is 5.75 Å². The SMILES string of the molecule is COc1cc(C#N)ccc1NC(C)C1CCN(C)CC1. The number of anilines is 1. The van der Waals surface area contributed by atoms with E-state index in [4.69, 9.17) is 10.00 Å². The molecule has 1 fully saturated rings. The van der Waals surface area contributed by atoms with Gasteiger partial charge < -0.3 is 15.0 Å². The van der Waals surface area contributed by atoms with Crippen molar-refractivity contribution in [2.24, 2.45) is 5.92 Å². The van der Waals surface area contributed by atoms with E-state index >= 15 is 0 Å². The summed E-state index contributed by atoms with van der Waals surface area (Å²) < 4.78 is 5.37. The van der Waals surface area contributed by atoms with Gasteiger partial charge in [-0.2, -0.15) is 5.26 Å². The minimum atomic E-state index is 0.408. The normalized spacial score (nSPS) is 18.3. The van der Waals surface area contributed by atoms with Crippen LogP contribution < -0.4 is 10.1 Å². The zero-order valence-corrected chi connectivity index (χ0v) is 12.5. The Morgan fingerprint density at radius 2 is 2.10 bits per heavy atom. The van der Waals surface area contributed by atoms with Crippen molar-refractivity contribution in [3.8, 4) is 11.8 Å². The van der Waals surface area contributed by atoms with E-state index in [1.165, 1.54) is 25.9 Å². The number of hydrogen-bond acceptors (Lipinski definition) is 4. The van der Waals surface area contributed by atoms with Crippen LogP contribution in [0.15, 0.2) is 18.2 Å². The summed E-state index contributed by atoms with van der Waals surface area (Å²) in [5, 5.41) is 12.5. The van der Waals surface area contributed by atoms with Gasteiger partial charge in [-0.15, -0.1) is 0 Å². The second kappa shape index (κ2) is 6.62. The van der Waals surface area contributed by atoms with Gasteiger partial charge in [-0.25, -0.2) is 0 Å². The van der Waals surface area contributed by atoms with Gasteiger partial charge in [0, 0.05) is 12.1 Å². The largest absolute Gasteiger partial charge is 0.495 e. The van der Waals surface area contributed by atoms with Gasteiger partial charge in [-0.05, 0) is 58.0 Å². The average Bonchev–Trinajstić information content (AvgIpc) is 2.48. The van der Waals surface area contributed by atoms with Crippen molar-refractivity contribution in [3.05, 3.63) is 23.8 Å². The Labute approximate surface area is 121 Å². The van der Waals surface area contributed by atoms with Crippen molar-refractivity contribution in [2.75, 3.05) is 32.6 Å². The summed E-state index contributed by atoms with van der Waals surface area (Å²) in [5.41, 5.74) is 1.59. The molecule has 1 aromatic rings. The van der Waals surface area contributed by atoms with E-state index in [0.29, 0.717) is 17.5 Å². The number of nitrogens with one attached hydrogen (secondary N) is 1. The fraction of sp³-hybridized carbons (Fsp3) is 0.562. The summed E-state index contributed by atoms with van der Waals surface area (Å²) in [6.07, 6.45) is 2.45. The molecule has 1 N–H and O–H groups in total. The lowest BCUT2D eigenvalue weighted by atomic mass is 9.90. The van der Waals surface area contributed by atoms with Crippen LogP contribution in [0.3, 0.4) is 0 Å². The fourth-order valence-corrected chi connectivity index (χ4v) is 2.77. The molecule has 0 aliphatic carbocycles. The molecule has 1 aliphatic heterocycles. The van der Waals surface area contributed by atoms with E-state index in [0.717, 1.165) is 11.4 Å². The third-order valence-electron chi connectivity index (χ3n) is 4.18. The number of methoxy groups -OCH3 is 1. The number of rotatable bonds is 4. The van der Waals surface area contributed by atoms with Crippen molar-refractivity contribution in [2.45, 2.75) is 25.8 Å². The molecule has 1 aliphatic rings. The molecule has 0 saturated carbocycles. The van der Waals surface area contributed by atoms with Crippen molar-refractivity contribution in [1.29, 1.82) is 5.26 Å². The minimum Gasteiger partial charge on any atom is -0.495 e. The van der Waals surface area contributed by atoms with Crippen LogP contribution in [0.2, 0.25) is 0 Å². The molecule has 4 nitrogen and oxygen atoms in total. The molecule has 0 amide bonds. The first-order valence-electron chi connectivity index (χ1n) is 7.17. The number of ether oxygens (including phenoxy) is 1. The Hall–Kier alpha value is -1.73. The first-order valence-corrected chi connectivity index (χ1v) is 7.17. The highest BCUT2D eigenvalue weighted by Crippen LogP contribution is 2.29. The van der Waals surface area contributed by atoms with Crippen LogP contribution >= 0.6 is 0 Å². The quantitative estimate of drug-likeness (QED) is 0.916. The summed E-state index contributed by atoms with van der Waals surface area (Å²) in [4.78, 5) is 2.38. The van der Waals surface area contributed by atoms with Crippen LogP contribution in [0.1, 0.15) is 25.3 Å². The van der Waals surface area contributed by atoms with E-state index in [1.807, 2.05) is 12.1 Å².